The maximum atomic E-state index is 17.3. The molecule has 3 N–H and O–H groups in total. The molecule has 1 saturated carbocycles. The molecule has 260 valence electrons. The second kappa shape index (κ2) is 11.4. The van der Waals surface area contributed by atoms with Gasteiger partial charge in [0.2, 0.25) is 5.88 Å². The lowest BCUT2D eigenvalue weighted by molar-refractivity contribution is 0.107. The number of nitrogens with two attached hydrogens (primary N) is 1. The summed E-state index contributed by atoms with van der Waals surface area (Å²) in [6.07, 6.45) is 2.92. The van der Waals surface area contributed by atoms with Crippen LogP contribution in [0.5, 0.6) is 11.9 Å². The molecule has 0 spiro atoms. The first-order chi connectivity index (χ1) is 24.1. The lowest BCUT2D eigenvalue weighted by Gasteiger charge is -2.35. The lowest BCUT2D eigenvalue weighted by Crippen LogP contribution is -2.43. The number of H-pyrrole nitrogens is 1. The smallest absolute Gasteiger partial charge is 0.319 e. The van der Waals surface area contributed by atoms with Gasteiger partial charge >= 0.3 is 6.01 Å². The van der Waals surface area contributed by atoms with Crippen molar-refractivity contribution in [2.75, 3.05) is 36.9 Å². The summed E-state index contributed by atoms with van der Waals surface area (Å²) in [5.41, 5.74) is 7.62. The number of aromatic amines is 1. The Bertz CT molecular complexity index is 2170. The van der Waals surface area contributed by atoms with Gasteiger partial charge in [0.15, 0.2) is 5.82 Å². The Kier molecular flexibility index (Phi) is 7.10. The molecule has 7 heterocycles. The number of rotatable bonds is 7. The van der Waals surface area contributed by atoms with E-state index in [9.17, 15) is 13.2 Å². The van der Waals surface area contributed by atoms with Crippen molar-refractivity contribution in [2.24, 2.45) is 0 Å². The van der Waals surface area contributed by atoms with Crippen molar-refractivity contribution >= 4 is 33.4 Å². The molecule has 15 heteroatoms. The molecule has 3 fully saturated rings. The van der Waals surface area contributed by atoms with E-state index in [1.165, 1.54) is 6.07 Å². The standard InChI is InChI=1S/C35H35F4N9O2/c1-16-14-49-33-27-30(28(39)29(43-33)26-20(22-9-24(22)38)4-5-25-23(26)12-42-46-25)44-34(50-15-35-6-3-7-47(35)13-19(37)10-35)45-32(27)48(16)17(2)21-8-18(36)11-41-31(21)40/h4-5,8,11-12,16-17,19,22,24H,3,6-7,9-10,13-15H2,1-2H3,(H2,40,41)(H,42,46)/t16-,17+,19+,22?,24?,35-/m0/s1. The molecule has 2 unspecified atom stereocenters. The van der Waals surface area contributed by atoms with E-state index in [1.54, 1.807) is 18.3 Å². The highest BCUT2D eigenvalue weighted by Gasteiger charge is 2.49. The van der Waals surface area contributed by atoms with Crippen LogP contribution in [0.25, 0.3) is 33.1 Å². The molecular formula is C35H35F4N9O2. The number of halogens is 4. The maximum Gasteiger partial charge on any atom is 0.319 e. The number of hydrogen-bond donors (Lipinski definition) is 2. The summed E-state index contributed by atoms with van der Waals surface area (Å²) in [5.74, 6) is -1.28. The van der Waals surface area contributed by atoms with Gasteiger partial charge in [0, 0.05) is 35.4 Å². The van der Waals surface area contributed by atoms with Crippen molar-refractivity contribution in [2.45, 2.75) is 75.4 Å². The number of benzene rings is 1. The van der Waals surface area contributed by atoms with Gasteiger partial charge in [-0.05, 0) is 57.4 Å². The number of aromatic nitrogens is 6. The van der Waals surface area contributed by atoms with E-state index >= 15 is 4.39 Å². The fraction of sp³-hybridized carbons (Fsp3) is 0.457. The minimum atomic E-state index is -1.05. The van der Waals surface area contributed by atoms with Crippen LogP contribution < -0.4 is 20.1 Å². The fourth-order valence-electron chi connectivity index (χ4n) is 8.37. The summed E-state index contributed by atoms with van der Waals surface area (Å²) in [7, 11) is 0. The van der Waals surface area contributed by atoms with Crippen LogP contribution in [0, 0.1) is 11.6 Å². The third-order valence-electron chi connectivity index (χ3n) is 10.9. The van der Waals surface area contributed by atoms with Crippen molar-refractivity contribution in [3.05, 3.63) is 53.4 Å². The summed E-state index contributed by atoms with van der Waals surface area (Å²) in [6, 6.07) is 3.77. The molecule has 11 nitrogen and oxygen atoms in total. The molecule has 0 bridgehead atoms. The van der Waals surface area contributed by atoms with Crippen LogP contribution in [0.3, 0.4) is 0 Å². The van der Waals surface area contributed by atoms with Gasteiger partial charge in [0.1, 0.15) is 59.6 Å². The first-order valence-corrected chi connectivity index (χ1v) is 17.0. The van der Waals surface area contributed by atoms with Crippen molar-refractivity contribution in [1.82, 2.24) is 35.0 Å². The first kappa shape index (κ1) is 31.2. The number of hydrogen-bond acceptors (Lipinski definition) is 10. The normalized spacial score (nSPS) is 26.6. The fourth-order valence-corrected chi connectivity index (χ4v) is 8.37. The first-order valence-electron chi connectivity index (χ1n) is 17.0. The number of nitrogens with zero attached hydrogens (tertiary/aromatic N) is 7. The summed E-state index contributed by atoms with van der Waals surface area (Å²) in [6.45, 7) is 5.04. The predicted molar refractivity (Wildman–Crippen MR) is 178 cm³/mol. The van der Waals surface area contributed by atoms with E-state index in [2.05, 4.69) is 25.1 Å². The van der Waals surface area contributed by atoms with Gasteiger partial charge in [-0.25, -0.2) is 27.5 Å². The number of anilines is 2. The highest BCUT2D eigenvalue weighted by atomic mass is 19.1. The van der Waals surface area contributed by atoms with Crippen LogP contribution in [-0.4, -0.2) is 85.3 Å². The van der Waals surface area contributed by atoms with Crippen LogP contribution in [0.1, 0.15) is 62.6 Å². The zero-order valence-electron chi connectivity index (χ0n) is 27.5. The maximum absolute atomic E-state index is 17.3. The van der Waals surface area contributed by atoms with Crippen LogP contribution in [0.4, 0.5) is 29.2 Å². The van der Waals surface area contributed by atoms with E-state index in [-0.39, 0.29) is 53.3 Å². The minimum Gasteiger partial charge on any atom is -0.475 e. The molecule has 50 heavy (non-hydrogen) atoms. The Morgan fingerprint density at radius 1 is 1.18 bits per heavy atom. The Hall–Kier alpha value is -4.79. The van der Waals surface area contributed by atoms with Gasteiger partial charge in [0.25, 0.3) is 0 Å². The van der Waals surface area contributed by atoms with Gasteiger partial charge in [0.05, 0.1) is 35.5 Å². The van der Waals surface area contributed by atoms with Crippen LogP contribution in [0.15, 0.2) is 30.6 Å². The molecule has 0 amide bonds. The number of nitrogen functional groups attached to an aromatic ring is 1. The molecule has 3 aliphatic heterocycles. The number of fused-ring (bicyclic) bond motifs is 2. The van der Waals surface area contributed by atoms with E-state index in [0.29, 0.717) is 47.0 Å². The van der Waals surface area contributed by atoms with Crippen molar-refractivity contribution in [3.63, 3.8) is 0 Å². The summed E-state index contributed by atoms with van der Waals surface area (Å²) in [5, 5.41) is 7.86. The molecule has 0 radical (unpaired) electrons. The Morgan fingerprint density at radius 2 is 2.02 bits per heavy atom. The van der Waals surface area contributed by atoms with Gasteiger partial charge in [-0.3, -0.25) is 10.00 Å². The molecule has 9 rings (SSSR count). The second-order valence-electron chi connectivity index (χ2n) is 14.1. The van der Waals surface area contributed by atoms with E-state index in [4.69, 9.17) is 25.2 Å². The van der Waals surface area contributed by atoms with Gasteiger partial charge in [-0.2, -0.15) is 15.1 Å². The highest BCUT2D eigenvalue weighted by Crippen LogP contribution is 2.51. The van der Waals surface area contributed by atoms with Gasteiger partial charge in [-0.15, -0.1) is 0 Å². The zero-order valence-corrected chi connectivity index (χ0v) is 27.5. The molecule has 1 aromatic carbocycles. The summed E-state index contributed by atoms with van der Waals surface area (Å²) in [4.78, 5) is 22.2. The third kappa shape index (κ3) is 4.83. The number of nitrogens with one attached hydrogen (secondary N) is 1. The lowest BCUT2D eigenvalue weighted by atomic mass is 9.95. The van der Waals surface area contributed by atoms with Crippen LogP contribution in [0.2, 0.25) is 0 Å². The van der Waals surface area contributed by atoms with E-state index in [1.807, 2.05) is 18.7 Å². The molecule has 4 aliphatic rings. The number of ether oxygens (including phenoxy) is 2. The van der Waals surface area contributed by atoms with Gasteiger partial charge < -0.3 is 20.1 Å². The van der Waals surface area contributed by atoms with Gasteiger partial charge in [-0.1, -0.05) is 6.07 Å². The summed E-state index contributed by atoms with van der Waals surface area (Å²) >= 11 is 0. The van der Waals surface area contributed by atoms with Crippen molar-refractivity contribution < 1.29 is 27.0 Å². The monoisotopic (exact) mass is 689 g/mol. The predicted octanol–water partition coefficient (Wildman–Crippen LogP) is 5.95. The summed E-state index contributed by atoms with van der Waals surface area (Å²) < 4.78 is 73.6. The van der Waals surface area contributed by atoms with E-state index < -0.39 is 47.5 Å². The molecular weight excluding hydrogens is 654 g/mol. The van der Waals surface area contributed by atoms with E-state index in [0.717, 1.165) is 25.6 Å². The highest BCUT2D eigenvalue weighted by molar-refractivity contribution is 6.01. The van der Waals surface area contributed by atoms with Crippen LogP contribution >= 0.6 is 0 Å². The molecule has 2 saturated heterocycles. The molecule has 6 atom stereocenters. The third-order valence-corrected chi connectivity index (χ3v) is 10.9. The second-order valence-corrected chi connectivity index (χ2v) is 14.1. The Balaban J connectivity index is 1.25. The largest absolute Gasteiger partial charge is 0.475 e. The molecule has 1 aliphatic carbocycles. The van der Waals surface area contributed by atoms with Crippen molar-refractivity contribution in [3.8, 4) is 23.1 Å². The topological polar surface area (TPSA) is 131 Å². The SMILES string of the molecule is C[C@H](c1cc(F)cnc1N)N1c2nc(OC[C@@]34CCCN3C[C@H](F)C4)nc3c(F)c(-c4c(C5CC5F)ccc5[nH]ncc45)nc(c23)OC[C@@H]1C. The number of pyridine rings is 2. The molecule has 5 aromatic rings. The average molecular weight is 690 g/mol. The molecule has 4 aromatic heterocycles. The Morgan fingerprint density at radius 3 is 2.84 bits per heavy atom. The number of alkyl halides is 2. The van der Waals surface area contributed by atoms with Crippen LogP contribution in [-0.2, 0) is 0 Å². The van der Waals surface area contributed by atoms with Crippen molar-refractivity contribution in [1.29, 1.82) is 0 Å². The average Bonchev–Trinajstić information content (AvgIpc) is 3.37. The minimum absolute atomic E-state index is 0.0615. The quantitative estimate of drug-likeness (QED) is 0.198. The Labute approximate surface area is 284 Å². The zero-order chi connectivity index (χ0) is 34.5.